The van der Waals surface area contributed by atoms with Gasteiger partial charge in [-0.3, -0.25) is 0 Å². The van der Waals surface area contributed by atoms with Crippen LogP contribution >= 0.6 is 0 Å². The smallest absolute Gasteiger partial charge is 0.174 e. The first-order chi connectivity index (χ1) is 10.8. The normalized spacial score (nSPS) is 21.5. The maximum atomic E-state index is 9.38. The van der Waals surface area contributed by atoms with E-state index in [0.717, 1.165) is 5.57 Å². The molecule has 0 saturated carbocycles. The SMILES string of the molecule is COC(O)/C=C(C)/C=C/C=C(C)/C=C/C1=C(C)CCCC1(C)C. The van der Waals surface area contributed by atoms with E-state index in [0.29, 0.717) is 0 Å². The van der Waals surface area contributed by atoms with Crippen LogP contribution in [-0.2, 0) is 4.74 Å². The Labute approximate surface area is 141 Å². The minimum absolute atomic E-state index is 0.282. The molecule has 1 aliphatic carbocycles. The number of hydrogen-bond acceptors (Lipinski definition) is 2. The number of methoxy groups -OCH3 is 1. The van der Waals surface area contributed by atoms with Gasteiger partial charge in [-0.05, 0) is 57.1 Å². The van der Waals surface area contributed by atoms with Gasteiger partial charge in [-0.25, -0.2) is 0 Å². The van der Waals surface area contributed by atoms with Crippen LogP contribution in [0.5, 0.6) is 0 Å². The van der Waals surface area contributed by atoms with Crippen molar-refractivity contribution in [2.75, 3.05) is 7.11 Å². The number of aliphatic hydroxyl groups is 1. The van der Waals surface area contributed by atoms with E-state index < -0.39 is 6.29 Å². The molecule has 1 aliphatic rings. The molecule has 0 aromatic heterocycles. The maximum absolute atomic E-state index is 9.38. The van der Waals surface area contributed by atoms with Gasteiger partial charge in [-0.2, -0.15) is 0 Å². The van der Waals surface area contributed by atoms with Gasteiger partial charge in [0, 0.05) is 7.11 Å². The molecule has 0 aromatic rings. The molecule has 0 saturated heterocycles. The molecule has 1 unspecified atom stereocenters. The fraction of sp³-hybridized carbons (Fsp3) is 0.524. The van der Waals surface area contributed by atoms with Crippen LogP contribution in [0.15, 0.2) is 58.7 Å². The van der Waals surface area contributed by atoms with Gasteiger partial charge in [-0.1, -0.05) is 60.9 Å². The summed E-state index contributed by atoms with van der Waals surface area (Å²) in [4.78, 5) is 0. The molecular formula is C21H32O2. The number of allylic oxidation sites excluding steroid dienone is 9. The van der Waals surface area contributed by atoms with Gasteiger partial charge in [0.05, 0.1) is 0 Å². The van der Waals surface area contributed by atoms with Gasteiger partial charge >= 0.3 is 0 Å². The molecule has 23 heavy (non-hydrogen) atoms. The summed E-state index contributed by atoms with van der Waals surface area (Å²) in [5, 5.41) is 9.38. The zero-order chi connectivity index (χ0) is 17.5. The fourth-order valence-electron chi connectivity index (χ4n) is 2.98. The molecule has 2 heteroatoms. The second kappa shape index (κ2) is 9.05. The number of rotatable bonds is 6. The molecular weight excluding hydrogens is 284 g/mol. The van der Waals surface area contributed by atoms with Crippen LogP contribution in [0.2, 0.25) is 0 Å². The van der Waals surface area contributed by atoms with Crippen LogP contribution in [0.1, 0.15) is 53.9 Å². The van der Waals surface area contributed by atoms with Gasteiger partial charge in [0.25, 0.3) is 0 Å². The molecule has 0 radical (unpaired) electrons. The van der Waals surface area contributed by atoms with Gasteiger partial charge in [0.1, 0.15) is 0 Å². The van der Waals surface area contributed by atoms with E-state index in [1.165, 1.54) is 43.1 Å². The van der Waals surface area contributed by atoms with Crippen molar-refractivity contribution in [1.82, 2.24) is 0 Å². The van der Waals surface area contributed by atoms with Crippen molar-refractivity contribution >= 4 is 0 Å². The summed E-state index contributed by atoms with van der Waals surface area (Å²) in [5.74, 6) is 0. The van der Waals surface area contributed by atoms with E-state index >= 15 is 0 Å². The summed E-state index contributed by atoms with van der Waals surface area (Å²) in [5.41, 5.74) is 5.47. The van der Waals surface area contributed by atoms with Gasteiger partial charge in [0.15, 0.2) is 6.29 Å². The Morgan fingerprint density at radius 1 is 1.22 bits per heavy atom. The third-order valence-corrected chi connectivity index (χ3v) is 4.42. The topological polar surface area (TPSA) is 29.5 Å². The van der Waals surface area contributed by atoms with Crippen LogP contribution in [-0.4, -0.2) is 18.5 Å². The molecule has 2 nitrogen and oxygen atoms in total. The minimum Gasteiger partial charge on any atom is -0.365 e. The molecule has 0 aliphatic heterocycles. The molecule has 1 rings (SSSR count). The first-order valence-corrected chi connectivity index (χ1v) is 8.39. The molecule has 0 spiro atoms. The highest BCUT2D eigenvalue weighted by Crippen LogP contribution is 2.40. The number of aliphatic hydroxyl groups excluding tert-OH is 1. The lowest BCUT2D eigenvalue weighted by atomic mass is 9.72. The average Bonchev–Trinajstić information content (AvgIpc) is 2.45. The van der Waals surface area contributed by atoms with Crippen molar-refractivity contribution in [3.8, 4) is 0 Å². The van der Waals surface area contributed by atoms with Crippen LogP contribution < -0.4 is 0 Å². The average molecular weight is 316 g/mol. The maximum Gasteiger partial charge on any atom is 0.174 e. The van der Waals surface area contributed by atoms with E-state index in [4.69, 9.17) is 4.74 Å². The quantitative estimate of drug-likeness (QED) is 0.519. The summed E-state index contributed by atoms with van der Waals surface area (Å²) in [7, 11) is 1.48. The third kappa shape index (κ3) is 6.72. The summed E-state index contributed by atoms with van der Waals surface area (Å²) >= 11 is 0. The molecule has 1 atom stereocenters. The van der Waals surface area contributed by atoms with Crippen molar-refractivity contribution in [2.45, 2.75) is 60.2 Å². The fourth-order valence-corrected chi connectivity index (χ4v) is 2.98. The molecule has 128 valence electrons. The third-order valence-electron chi connectivity index (χ3n) is 4.42. The molecule has 0 aromatic carbocycles. The largest absolute Gasteiger partial charge is 0.365 e. The van der Waals surface area contributed by atoms with Crippen molar-refractivity contribution < 1.29 is 9.84 Å². The summed E-state index contributed by atoms with van der Waals surface area (Å²) in [6.45, 7) is 11.0. The summed E-state index contributed by atoms with van der Waals surface area (Å²) in [6.07, 6.45) is 15.1. The Hall–Kier alpha value is -1.38. The lowest BCUT2D eigenvalue weighted by Crippen LogP contribution is -2.19. The molecule has 0 heterocycles. The zero-order valence-corrected chi connectivity index (χ0v) is 15.5. The molecule has 0 amide bonds. The molecule has 1 N–H and O–H groups in total. The van der Waals surface area contributed by atoms with Crippen LogP contribution in [0.25, 0.3) is 0 Å². The Kier molecular flexibility index (Phi) is 7.74. The van der Waals surface area contributed by atoms with Crippen molar-refractivity contribution in [3.63, 3.8) is 0 Å². The van der Waals surface area contributed by atoms with Gasteiger partial charge in [-0.15, -0.1) is 0 Å². The van der Waals surface area contributed by atoms with Gasteiger partial charge in [0.2, 0.25) is 0 Å². The summed E-state index contributed by atoms with van der Waals surface area (Å²) < 4.78 is 4.80. The predicted molar refractivity (Wildman–Crippen MR) is 99.1 cm³/mol. The lowest BCUT2D eigenvalue weighted by molar-refractivity contribution is -0.0360. The van der Waals surface area contributed by atoms with Gasteiger partial charge < -0.3 is 9.84 Å². The van der Waals surface area contributed by atoms with Crippen molar-refractivity contribution in [2.24, 2.45) is 5.41 Å². The van der Waals surface area contributed by atoms with E-state index in [2.05, 4.69) is 45.9 Å². The number of ether oxygens (including phenoxy) is 1. The van der Waals surface area contributed by atoms with Crippen molar-refractivity contribution in [1.29, 1.82) is 0 Å². The molecule has 0 fully saturated rings. The van der Waals surface area contributed by atoms with Crippen LogP contribution in [0.4, 0.5) is 0 Å². The van der Waals surface area contributed by atoms with Crippen LogP contribution in [0.3, 0.4) is 0 Å². The van der Waals surface area contributed by atoms with E-state index in [-0.39, 0.29) is 5.41 Å². The first-order valence-electron chi connectivity index (χ1n) is 8.39. The highest BCUT2D eigenvalue weighted by Gasteiger charge is 2.26. The monoisotopic (exact) mass is 316 g/mol. The lowest BCUT2D eigenvalue weighted by Gasteiger charge is -2.32. The highest BCUT2D eigenvalue weighted by atomic mass is 16.6. The van der Waals surface area contributed by atoms with E-state index in [9.17, 15) is 5.11 Å². The van der Waals surface area contributed by atoms with Crippen LogP contribution in [0, 0.1) is 5.41 Å². The number of hydrogen-bond donors (Lipinski definition) is 1. The highest BCUT2D eigenvalue weighted by molar-refractivity contribution is 5.37. The standard InChI is InChI=1S/C21H32O2/c1-16(9-7-10-17(2)15-20(22)23-6)12-13-19-18(3)11-8-14-21(19,4)5/h7,9-10,12-13,15,20,22H,8,11,14H2,1-6H3/b10-7+,13-12+,16-9+,17-15+. The van der Waals surface area contributed by atoms with Crippen molar-refractivity contribution in [3.05, 3.63) is 58.7 Å². The molecule has 0 bridgehead atoms. The second-order valence-electron chi connectivity index (χ2n) is 7.07. The van der Waals surface area contributed by atoms with E-state index in [1.54, 1.807) is 6.08 Å². The minimum atomic E-state index is -0.840. The Balaban J connectivity index is 2.75. The Bertz CT molecular complexity index is 542. The summed E-state index contributed by atoms with van der Waals surface area (Å²) in [6, 6.07) is 0. The zero-order valence-electron chi connectivity index (χ0n) is 15.5. The predicted octanol–water partition coefficient (Wildman–Crippen LogP) is 5.48. The Morgan fingerprint density at radius 3 is 2.52 bits per heavy atom. The Morgan fingerprint density at radius 2 is 1.91 bits per heavy atom. The second-order valence-corrected chi connectivity index (χ2v) is 7.07. The first kappa shape index (κ1) is 19.7. The van der Waals surface area contributed by atoms with E-state index in [1.807, 2.05) is 19.1 Å².